The van der Waals surface area contributed by atoms with Crippen molar-refractivity contribution in [2.45, 2.75) is 19.3 Å². The van der Waals surface area contributed by atoms with E-state index in [1.165, 1.54) is 25.3 Å². The van der Waals surface area contributed by atoms with Crippen molar-refractivity contribution in [3.63, 3.8) is 0 Å². The van der Waals surface area contributed by atoms with Gasteiger partial charge in [0.05, 0.1) is 12.2 Å². The lowest BCUT2D eigenvalue weighted by Crippen LogP contribution is -2.19. The monoisotopic (exact) mass is 204 g/mol. The zero-order valence-electron chi connectivity index (χ0n) is 8.50. The molecule has 2 heteroatoms. The highest BCUT2D eigenvalue weighted by molar-refractivity contribution is 5.38. The maximum absolute atomic E-state index is 13.2. The van der Waals surface area contributed by atoms with Gasteiger partial charge < -0.3 is 4.74 Å². The molecule has 0 atom stereocenters. The van der Waals surface area contributed by atoms with E-state index in [2.05, 4.69) is 5.92 Å². The molecule has 1 aromatic rings. The highest BCUT2D eigenvalue weighted by atomic mass is 19.1. The first kappa shape index (κ1) is 10.0. The molecule has 0 radical (unpaired) electrons. The third-order valence-corrected chi connectivity index (χ3v) is 2.81. The van der Waals surface area contributed by atoms with Crippen molar-refractivity contribution in [1.29, 1.82) is 0 Å². The van der Waals surface area contributed by atoms with Crippen LogP contribution in [0.2, 0.25) is 0 Å². The SMILES string of the molecule is C#Cc1ccc(OCC2CCC2)cc1F. The van der Waals surface area contributed by atoms with Gasteiger partial charge in [0.15, 0.2) is 0 Å². The average molecular weight is 204 g/mol. The summed E-state index contributed by atoms with van der Waals surface area (Å²) in [5, 5.41) is 0. The van der Waals surface area contributed by atoms with E-state index in [0.717, 1.165) is 0 Å². The Hall–Kier alpha value is -1.49. The summed E-state index contributed by atoms with van der Waals surface area (Å²) < 4.78 is 18.7. The summed E-state index contributed by atoms with van der Waals surface area (Å²) >= 11 is 0. The van der Waals surface area contributed by atoms with Gasteiger partial charge in [0.1, 0.15) is 11.6 Å². The Labute approximate surface area is 89.3 Å². The van der Waals surface area contributed by atoms with Gasteiger partial charge >= 0.3 is 0 Å². The molecule has 78 valence electrons. The van der Waals surface area contributed by atoms with Crippen molar-refractivity contribution in [3.05, 3.63) is 29.6 Å². The molecule has 0 unspecified atom stereocenters. The molecule has 0 heterocycles. The highest BCUT2D eigenvalue weighted by Gasteiger charge is 2.17. The fraction of sp³-hybridized carbons (Fsp3) is 0.385. The second-order valence-corrected chi connectivity index (χ2v) is 3.89. The molecule has 0 aromatic heterocycles. The van der Waals surface area contributed by atoms with Crippen molar-refractivity contribution < 1.29 is 9.13 Å². The topological polar surface area (TPSA) is 9.23 Å². The molecule has 0 aliphatic heterocycles. The zero-order chi connectivity index (χ0) is 10.7. The molecule has 0 spiro atoms. The van der Waals surface area contributed by atoms with Gasteiger partial charge in [0.25, 0.3) is 0 Å². The fourth-order valence-electron chi connectivity index (χ4n) is 1.58. The third kappa shape index (κ3) is 2.30. The smallest absolute Gasteiger partial charge is 0.142 e. The van der Waals surface area contributed by atoms with Crippen molar-refractivity contribution in [2.24, 2.45) is 5.92 Å². The summed E-state index contributed by atoms with van der Waals surface area (Å²) in [6.45, 7) is 0.689. The Balaban J connectivity index is 1.97. The molecule has 1 nitrogen and oxygen atoms in total. The van der Waals surface area contributed by atoms with Crippen LogP contribution in [0.4, 0.5) is 4.39 Å². The Morgan fingerprint density at radius 1 is 1.47 bits per heavy atom. The molecule has 0 saturated heterocycles. The Morgan fingerprint density at radius 2 is 2.27 bits per heavy atom. The first-order valence-electron chi connectivity index (χ1n) is 5.18. The molecule has 1 aliphatic rings. The Bertz CT molecular complexity index is 388. The van der Waals surface area contributed by atoms with Gasteiger partial charge in [-0.05, 0) is 30.9 Å². The molecule has 1 fully saturated rings. The molecule has 1 saturated carbocycles. The van der Waals surface area contributed by atoms with Crippen LogP contribution in [0.15, 0.2) is 18.2 Å². The summed E-state index contributed by atoms with van der Waals surface area (Å²) in [7, 11) is 0. The standard InChI is InChI=1S/C13H13FO/c1-2-11-6-7-12(8-13(11)14)15-9-10-4-3-5-10/h1,6-8,10H,3-5,9H2. The minimum absolute atomic E-state index is 0.283. The number of terminal acetylenes is 1. The van der Waals surface area contributed by atoms with E-state index in [1.807, 2.05) is 0 Å². The molecule has 2 rings (SSSR count). The summed E-state index contributed by atoms with van der Waals surface area (Å²) in [4.78, 5) is 0. The lowest BCUT2D eigenvalue weighted by molar-refractivity contribution is 0.180. The van der Waals surface area contributed by atoms with E-state index in [9.17, 15) is 4.39 Å². The van der Waals surface area contributed by atoms with E-state index in [0.29, 0.717) is 18.3 Å². The predicted octanol–water partition coefficient (Wildman–Crippen LogP) is 2.99. The van der Waals surface area contributed by atoms with Crippen molar-refractivity contribution in [1.82, 2.24) is 0 Å². The molecular weight excluding hydrogens is 191 g/mol. The largest absolute Gasteiger partial charge is 0.493 e. The third-order valence-electron chi connectivity index (χ3n) is 2.81. The minimum Gasteiger partial charge on any atom is -0.493 e. The van der Waals surface area contributed by atoms with Gasteiger partial charge in [-0.3, -0.25) is 0 Å². The summed E-state index contributed by atoms with van der Waals surface area (Å²) in [5.74, 6) is 3.11. The van der Waals surface area contributed by atoms with Gasteiger partial charge in [-0.15, -0.1) is 6.42 Å². The number of hydrogen-bond acceptors (Lipinski definition) is 1. The van der Waals surface area contributed by atoms with Crippen LogP contribution in [0.3, 0.4) is 0 Å². The van der Waals surface area contributed by atoms with Crippen LogP contribution in [0, 0.1) is 24.1 Å². The zero-order valence-corrected chi connectivity index (χ0v) is 8.50. The summed E-state index contributed by atoms with van der Waals surface area (Å²) in [6.07, 6.45) is 8.87. The predicted molar refractivity (Wildman–Crippen MR) is 57.2 cm³/mol. The summed E-state index contributed by atoms with van der Waals surface area (Å²) in [5.41, 5.74) is 0.283. The Kier molecular flexibility index (Phi) is 2.91. The maximum Gasteiger partial charge on any atom is 0.142 e. The maximum atomic E-state index is 13.2. The minimum atomic E-state index is -0.386. The van der Waals surface area contributed by atoms with Gasteiger partial charge in [-0.25, -0.2) is 4.39 Å². The van der Waals surface area contributed by atoms with Crippen LogP contribution in [-0.4, -0.2) is 6.61 Å². The van der Waals surface area contributed by atoms with Crippen molar-refractivity contribution >= 4 is 0 Å². The van der Waals surface area contributed by atoms with E-state index in [4.69, 9.17) is 11.2 Å². The number of benzene rings is 1. The molecule has 15 heavy (non-hydrogen) atoms. The van der Waals surface area contributed by atoms with Gasteiger partial charge in [0.2, 0.25) is 0 Å². The molecule has 0 N–H and O–H groups in total. The van der Waals surface area contributed by atoms with Crippen LogP contribution in [0.25, 0.3) is 0 Å². The van der Waals surface area contributed by atoms with Gasteiger partial charge in [-0.2, -0.15) is 0 Å². The molecule has 1 aromatic carbocycles. The molecule has 1 aliphatic carbocycles. The first-order valence-corrected chi connectivity index (χ1v) is 5.18. The number of rotatable bonds is 3. The normalized spacial score (nSPS) is 15.5. The number of hydrogen-bond donors (Lipinski definition) is 0. The van der Waals surface area contributed by atoms with Crippen LogP contribution in [0.5, 0.6) is 5.75 Å². The molecular formula is C13H13FO. The van der Waals surface area contributed by atoms with Crippen LogP contribution in [0.1, 0.15) is 24.8 Å². The lowest BCUT2D eigenvalue weighted by atomic mass is 9.86. The second-order valence-electron chi connectivity index (χ2n) is 3.89. The van der Waals surface area contributed by atoms with E-state index in [1.54, 1.807) is 12.1 Å². The number of ether oxygens (including phenoxy) is 1. The Morgan fingerprint density at radius 3 is 2.80 bits per heavy atom. The molecule has 0 bridgehead atoms. The van der Waals surface area contributed by atoms with Gasteiger partial charge in [0, 0.05) is 6.07 Å². The van der Waals surface area contributed by atoms with Gasteiger partial charge in [-0.1, -0.05) is 12.3 Å². The van der Waals surface area contributed by atoms with E-state index >= 15 is 0 Å². The quantitative estimate of drug-likeness (QED) is 0.688. The average Bonchev–Trinajstić information content (AvgIpc) is 2.16. The van der Waals surface area contributed by atoms with Crippen LogP contribution in [-0.2, 0) is 0 Å². The van der Waals surface area contributed by atoms with Crippen LogP contribution >= 0.6 is 0 Å². The molecule has 0 amide bonds. The van der Waals surface area contributed by atoms with E-state index < -0.39 is 0 Å². The lowest BCUT2D eigenvalue weighted by Gasteiger charge is -2.25. The fourth-order valence-corrected chi connectivity index (χ4v) is 1.58. The van der Waals surface area contributed by atoms with Crippen molar-refractivity contribution in [2.75, 3.05) is 6.61 Å². The first-order chi connectivity index (χ1) is 7.29. The summed E-state index contributed by atoms with van der Waals surface area (Å²) in [6, 6.07) is 4.65. The van der Waals surface area contributed by atoms with E-state index in [-0.39, 0.29) is 11.4 Å². The van der Waals surface area contributed by atoms with Crippen LogP contribution < -0.4 is 4.74 Å². The second kappa shape index (κ2) is 4.35. The highest BCUT2D eigenvalue weighted by Crippen LogP contribution is 2.27. The number of halogens is 1. The van der Waals surface area contributed by atoms with Crippen molar-refractivity contribution in [3.8, 4) is 18.1 Å².